The fourth-order valence-corrected chi connectivity index (χ4v) is 3.29. The zero-order chi connectivity index (χ0) is 19.0. The molecule has 4 rings (SSSR count). The van der Waals surface area contributed by atoms with Gasteiger partial charge in [0, 0.05) is 50.0 Å². The highest BCUT2D eigenvalue weighted by atomic mass is 16.5. The highest BCUT2D eigenvalue weighted by molar-refractivity contribution is 5.92. The lowest BCUT2D eigenvalue weighted by Gasteiger charge is -2.40. The van der Waals surface area contributed by atoms with Crippen molar-refractivity contribution in [2.75, 3.05) is 31.1 Å². The number of ether oxygens (including phenoxy) is 1. The topological polar surface area (TPSA) is 85.2 Å². The van der Waals surface area contributed by atoms with Gasteiger partial charge < -0.3 is 15.0 Å². The number of fused-ring (bicyclic) bond motifs is 1. The van der Waals surface area contributed by atoms with Gasteiger partial charge in [0.25, 0.3) is 5.91 Å². The molecule has 144 valence electrons. The fraction of sp³-hybridized carbons (Fsp3) is 0.579. The van der Waals surface area contributed by atoms with Gasteiger partial charge in [0.1, 0.15) is 0 Å². The molecule has 1 amide bonds. The van der Waals surface area contributed by atoms with Crippen LogP contribution in [0.25, 0.3) is 0 Å². The van der Waals surface area contributed by atoms with Gasteiger partial charge in [-0.25, -0.2) is 4.68 Å². The van der Waals surface area contributed by atoms with Crippen LogP contribution >= 0.6 is 0 Å². The number of aryl methyl sites for hydroxylation is 1. The van der Waals surface area contributed by atoms with E-state index < -0.39 is 0 Å². The van der Waals surface area contributed by atoms with E-state index in [9.17, 15) is 4.79 Å². The van der Waals surface area contributed by atoms with Crippen molar-refractivity contribution in [1.29, 1.82) is 0 Å². The van der Waals surface area contributed by atoms with Crippen LogP contribution in [0, 0.1) is 5.92 Å². The normalized spacial score (nSPS) is 17.1. The predicted molar refractivity (Wildman–Crippen MR) is 101 cm³/mol. The number of carbonyl (C=O) groups is 1. The van der Waals surface area contributed by atoms with Gasteiger partial charge in [0.2, 0.25) is 5.88 Å². The molecule has 2 aliphatic heterocycles. The minimum atomic E-state index is -0.145. The Morgan fingerprint density at radius 1 is 1.30 bits per heavy atom. The van der Waals surface area contributed by atoms with E-state index in [1.807, 2.05) is 12.1 Å². The van der Waals surface area contributed by atoms with Crippen molar-refractivity contribution in [3.05, 3.63) is 29.6 Å². The lowest BCUT2D eigenvalue weighted by molar-refractivity contribution is 0.0938. The number of hydrogen-bond donors (Lipinski definition) is 1. The van der Waals surface area contributed by atoms with E-state index in [1.165, 1.54) is 0 Å². The van der Waals surface area contributed by atoms with Crippen molar-refractivity contribution in [2.24, 2.45) is 5.92 Å². The molecule has 0 radical (unpaired) electrons. The molecule has 1 N–H and O–H groups in total. The molecule has 2 aromatic rings. The van der Waals surface area contributed by atoms with Gasteiger partial charge in [-0.05, 0) is 12.1 Å². The first-order valence-corrected chi connectivity index (χ1v) is 9.48. The van der Waals surface area contributed by atoms with E-state index in [4.69, 9.17) is 4.74 Å². The summed E-state index contributed by atoms with van der Waals surface area (Å²) < 4.78 is 7.26. The molecule has 1 fully saturated rings. The van der Waals surface area contributed by atoms with Crippen LogP contribution in [0.1, 0.15) is 43.4 Å². The summed E-state index contributed by atoms with van der Waals surface area (Å²) in [5.41, 5.74) is 1.42. The van der Waals surface area contributed by atoms with Crippen molar-refractivity contribution in [1.82, 2.24) is 25.3 Å². The summed E-state index contributed by atoms with van der Waals surface area (Å²) >= 11 is 0. The summed E-state index contributed by atoms with van der Waals surface area (Å²) in [4.78, 5) is 14.5. The minimum Gasteiger partial charge on any atom is -0.478 e. The molecular formula is C19H26N6O2. The second kappa shape index (κ2) is 6.83. The summed E-state index contributed by atoms with van der Waals surface area (Å²) in [6, 6.07) is 5.78. The van der Waals surface area contributed by atoms with Crippen LogP contribution in [0.5, 0.6) is 5.88 Å². The van der Waals surface area contributed by atoms with Crippen molar-refractivity contribution >= 4 is 11.7 Å². The van der Waals surface area contributed by atoms with Gasteiger partial charge in [0.05, 0.1) is 12.3 Å². The molecule has 8 heteroatoms. The minimum absolute atomic E-state index is 0.00464. The number of carbonyl (C=O) groups excluding carboxylic acids is 1. The number of amides is 1. The summed E-state index contributed by atoms with van der Waals surface area (Å²) in [6.45, 7) is 10.2. The molecule has 0 saturated carbocycles. The molecule has 2 aromatic heterocycles. The van der Waals surface area contributed by atoms with Crippen LogP contribution in [0.2, 0.25) is 0 Å². The van der Waals surface area contributed by atoms with Crippen LogP contribution in [0.3, 0.4) is 0 Å². The quantitative estimate of drug-likeness (QED) is 0.880. The van der Waals surface area contributed by atoms with E-state index in [0.717, 1.165) is 37.6 Å². The average molecular weight is 370 g/mol. The molecule has 8 nitrogen and oxygen atoms in total. The summed E-state index contributed by atoms with van der Waals surface area (Å²) in [5.74, 6) is 1.84. The van der Waals surface area contributed by atoms with Gasteiger partial charge >= 0.3 is 0 Å². The van der Waals surface area contributed by atoms with Gasteiger partial charge in [0.15, 0.2) is 11.5 Å². The molecule has 0 aromatic carbocycles. The molecule has 0 bridgehead atoms. The monoisotopic (exact) mass is 370 g/mol. The first-order chi connectivity index (χ1) is 12.9. The number of anilines is 1. The SMILES string of the molecule is CC(C)(C)c1ccc(N2CC(CNC(=O)c3cc4n(n3)CCCO4)C2)nn1. The third kappa shape index (κ3) is 3.74. The summed E-state index contributed by atoms with van der Waals surface area (Å²) in [5, 5.41) is 16.0. The first-order valence-electron chi connectivity index (χ1n) is 9.48. The first kappa shape index (κ1) is 17.8. The Balaban J connectivity index is 1.26. The lowest BCUT2D eigenvalue weighted by atomic mass is 9.92. The molecule has 4 heterocycles. The Hall–Kier alpha value is -2.64. The lowest BCUT2D eigenvalue weighted by Crippen LogP contribution is -2.52. The number of aromatic nitrogens is 4. The van der Waals surface area contributed by atoms with E-state index in [2.05, 4.69) is 46.3 Å². The Kier molecular flexibility index (Phi) is 4.49. The zero-order valence-corrected chi connectivity index (χ0v) is 16.1. The molecule has 0 atom stereocenters. The Morgan fingerprint density at radius 3 is 2.78 bits per heavy atom. The molecule has 1 saturated heterocycles. The number of hydrogen-bond acceptors (Lipinski definition) is 6. The number of nitrogens with zero attached hydrogens (tertiary/aromatic N) is 5. The molecule has 2 aliphatic rings. The van der Waals surface area contributed by atoms with Crippen LogP contribution in [-0.4, -0.2) is 52.1 Å². The van der Waals surface area contributed by atoms with Crippen LogP contribution < -0.4 is 15.0 Å². The Bertz CT molecular complexity index is 794. The average Bonchev–Trinajstić information content (AvgIpc) is 3.04. The third-order valence-electron chi connectivity index (χ3n) is 4.99. The Morgan fingerprint density at radius 2 is 2.11 bits per heavy atom. The van der Waals surface area contributed by atoms with Crippen molar-refractivity contribution in [2.45, 2.75) is 39.2 Å². The van der Waals surface area contributed by atoms with Gasteiger partial charge in [-0.1, -0.05) is 20.8 Å². The van der Waals surface area contributed by atoms with E-state index >= 15 is 0 Å². The molecule has 0 spiro atoms. The van der Waals surface area contributed by atoms with Gasteiger partial charge in [-0.3, -0.25) is 4.79 Å². The van der Waals surface area contributed by atoms with Crippen molar-refractivity contribution in [3.63, 3.8) is 0 Å². The highest BCUT2D eigenvalue weighted by Gasteiger charge is 2.29. The number of nitrogens with one attached hydrogen (secondary N) is 1. The molecule has 0 aliphatic carbocycles. The van der Waals surface area contributed by atoms with Crippen molar-refractivity contribution < 1.29 is 9.53 Å². The standard InChI is InChI=1S/C19H26N6O2/c1-19(2,3)15-5-6-16(22-21-15)24-11-13(12-24)10-20-18(26)14-9-17-25(23-14)7-4-8-27-17/h5-6,9,13H,4,7-8,10-12H2,1-3H3,(H,20,26). The third-order valence-corrected chi connectivity index (χ3v) is 4.99. The molecule has 0 unspecified atom stereocenters. The van der Waals surface area contributed by atoms with Crippen molar-refractivity contribution in [3.8, 4) is 5.88 Å². The second-order valence-electron chi connectivity index (χ2n) is 8.30. The smallest absolute Gasteiger partial charge is 0.271 e. The molecule has 27 heavy (non-hydrogen) atoms. The predicted octanol–water partition coefficient (Wildman–Crippen LogP) is 1.62. The van der Waals surface area contributed by atoms with Gasteiger partial charge in [-0.2, -0.15) is 10.2 Å². The van der Waals surface area contributed by atoms with E-state index in [-0.39, 0.29) is 11.3 Å². The van der Waals surface area contributed by atoms with Crippen LogP contribution in [-0.2, 0) is 12.0 Å². The zero-order valence-electron chi connectivity index (χ0n) is 16.1. The highest BCUT2D eigenvalue weighted by Crippen LogP contribution is 2.25. The fourth-order valence-electron chi connectivity index (χ4n) is 3.29. The second-order valence-corrected chi connectivity index (χ2v) is 8.30. The summed E-state index contributed by atoms with van der Waals surface area (Å²) in [7, 11) is 0. The number of rotatable bonds is 4. The van der Waals surface area contributed by atoms with E-state index in [0.29, 0.717) is 30.6 Å². The maximum absolute atomic E-state index is 12.3. The summed E-state index contributed by atoms with van der Waals surface area (Å²) in [6.07, 6.45) is 0.924. The van der Waals surface area contributed by atoms with E-state index in [1.54, 1.807) is 10.7 Å². The maximum atomic E-state index is 12.3. The Labute approximate surface area is 158 Å². The van der Waals surface area contributed by atoms with Crippen LogP contribution in [0.15, 0.2) is 18.2 Å². The van der Waals surface area contributed by atoms with Gasteiger partial charge in [-0.15, -0.1) is 5.10 Å². The largest absolute Gasteiger partial charge is 0.478 e. The molecular weight excluding hydrogens is 344 g/mol. The maximum Gasteiger partial charge on any atom is 0.271 e. The van der Waals surface area contributed by atoms with Crippen LogP contribution in [0.4, 0.5) is 5.82 Å².